The van der Waals surface area contributed by atoms with Crippen LogP contribution in [0.4, 0.5) is 20.2 Å². The summed E-state index contributed by atoms with van der Waals surface area (Å²) in [5.41, 5.74) is 0.632. The Morgan fingerprint density at radius 3 is 2.59 bits per heavy atom. The number of hydrogen-bond donors (Lipinski definition) is 2. The predicted octanol–water partition coefficient (Wildman–Crippen LogP) is 1.73. The van der Waals surface area contributed by atoms with Gasteiger partial charge < -0.3 is 15.4 Å². The molecule has 1 aliphatic rings. The lowest BCUT2D eigenvalue weighted by molar-refractivity contribution is -0.117. The molecule has 0 fully saturated rings. The van der Waals surface area contributed by atoms with Crippen LogP contribution in [0.2, 0.25) is 0 Å². The first-order chi connectivity index (χ1) is 8.11. The Kier molecular flexibility index (Phi) is 3.23. The van der Waals surface area contributed by atoms with E-state index in [2.05, 4.69) is 10.6 Å². The number of carbonyl (C=O) groups excluding carboxylic acids is 1. The highest BCUT2D eigenvalue weighted by Gasteiger charge is 2.26. The maximum atomic E-state index is 13.0. The minimum Gasteiger partial charge on any atom is -0.385 e. The van der Waals surface area contributed by atoms with E-state index in [0.717, 1.165) is 12.1 Å². The van der Waals surface area contributed by atoms with E-state index in [0.29, 0.717) is 18.7 Å². The number of hydrogen-bond acceptors (Lipinski definition) is 3. The summed E-state index contributed by atoms with van der Waals surface area (Å²) in [5.74, 6) is -2.21. The molecule has 1 amide bonds. The van der Waals surface area contributed by atoms with Crippen LogP contribution in [0, 0.1) is 11.6 Å². The molecule has 0 radical (unpaired) electrons. The first kappa shape index (κ1) is 11.8. The number of amides is 1. The Morgan fingerprint density at radius 1 is 1.29 bits per heavy atom. The van der Waals surface area contributed by atoms with E-state index >= 15 is 0 Å². The van der Waals surface area contributed by atoms with Gasteiger partial charge in [-0.05, 0) is 6.42 Å². The summed E-state index contributed by atoms with van der Waals surface area (Å²) in [4.78, 5) is 11.6. The number of ether oxygens (including phenoxy) is 1. The van der Waals surface area contributed by atoms with Crippen molar-refractivity contribution in [3.8, 4) is 0 Å². The van der Waals surface area contributed by atoms with Crippen molar-refractivity contribution in [1.29, 1.82) is 0 Å². The molecule has 0 spiro atoms. The van der Waals surface area contributed by atoms with E-state index in [1.165, 1.54) is 7.11 Å². The number of anilines is 2. The van der Waals surface area contributed by atoms with Gasteiger partial charge >= 0.3 is 0 Å². The van der Waals surface area contributed by atoms with Crippen LogP contribution in [0.25, 0.3) is 0 Å². The number of nitrogens with one attached hydrogen (secondary N) is 2. The van der Waals surface area contributed by atoms with Crippen LogP contribution in [0.3, 0.4) is 0 Å². The second-order valence-electron chi connectivity index (χ2n) is 3.78. The highest BCUT2D eigenvalue weighted by Crippen LogP contribution is 2.29. The fourth-order valence-corrected chi connectivity index (χ4v) is 1.68. The van der Waals surface area contributed by atoms with Crippen molar-refractivity contribution in [3.05, 3.63) is 23.8 Å². The first-order valence-corrected chi connectivity index (χ1v) is 5.17. The van der Waals surface area contributed by atoms with Crippen molar-refractivity contribution in [2.75, 3.05) is 24.4 Å². The molecule has 1 heterocycles. The average Bonchev–Trinajstić information content (AvgIpc) is 2.29. The molecular weight excluding hydrogens is 230 g/mol. The van der Waals surface area contributed by atoms with Gasteiger partial charge in [-0.25, -0.2) is 8.78 Å². The largest absolute Gasteiger partial charge is 0.385 e. The van der Waals surface area contributed by atoms with Gasteiger partial charge in [0.1, 0.15) is 6.04 Å². The van der Waals surface area contributed by atoms with Gasteiger partial charge in [0.2, 0.25) is 5.91 Å². The van der Waals surface area contributed by atoms with Gasteiger partial charge in [-0.1, -0.05) is 0 Å². The van der Waals surface area contributed by atoms with Crippen molar-refractivity contribution in [2.24, 2.45) is 0 Å². The molecule has 2 rings (SSSR count). The average molecular weight is 242 g/mol. The van der Waals surface area contributed by atoms with E-state index in [9.17, 15) is 13.6 Å². The molecule has 17 heavy (non-hydrogen) atoms. The van der Waals surface area contributed by atoms with E-state index in [1.54, 1.807) is 0 Å². The zero-order valence-electron chi connectivity index (χ0n) is 9.22. The quantitative estimate of drug-likeness (QED) is 0.848. The van der Waals surface area contributed by atoms with Crippen LogP contribution >= 0.6 is 0 Å². The minimum atomic E-state index is -0.985. The third-order valence-electron chi connectivity index (χ3n) is 2.58. The molecule has 0 aromatic heterocycles. The molecule has 0 aliphatic carbocycles. The van der Waals surface area contributed by atoms with Crippen LogP contribution in [-0.2, 0) is 9.53 Å². The topological polar surface area (TPSA) is 50.4 Å². The van der Waals surface area contributed by atoms with Crippen molar-refractivity contribution in [2.45, 2.75) is 12.5 Å². The molecule has 6 heteroatoms. The monoisotopic (exact) mass is 242 g/mol. The Morgan fingerprint density at radius 2 is 1.94 bits per heavy atom. The van der Waals surface area contributed by atoms with Gasteiger partial charge in [0.25, 0.3) is 0 Å². The lowest BCUT2D eigenvalue weighted by Crippen LogP contribution is -2.39. The Labute approximate surface area is 97.0 Å². The van der Waals surface area contributed by atoms with Gasteiger partial charge in [0, 0.05) is 25.8 Å². The number of benzene rings is 1. The fourth-order valence-electron chi connectivity index (χ4n) is 1.68. The summed E-state index contributed by atoms with van der Waals surface area (Å²) in [6.45, 7) is 0.407. The predicted molar refractivity (Wildman–Crippen MR) is 58.9 cm³/mol. The van der Waals surface area contributed by atoms with Crippen molar-refractivity contribution < 1.29 is 18.3 Å². The van der Waals surface area contributed by atoms with Gasteiger partial charge in [0.15, 0.2) is 11.6 Å². The van der Waals surface area contributed by atoms with Gasteiger partial charge in [-0.3, -0.25) is 4.79 Å². The minimum absolute atomic E-state index is 0.252. The maximum Gasteiger partial charge on any atom is 0.247 e. The summed E-state index contributed by atoms with van der Waals surface area (Å²) in [6, 6.07) is 1.50. The Balaban J connectivity index is 2.22. The SMILES string of the molecule is COCCC1Nc2cc(F)c(F)cc2NC1=O. The molecule has 1 atom stereocenters. The summed E-state index contributed by atoms with van der Waals surface area (Å²) >= 11 is 0. The third kappa shape index (κ3) is 2.36. The Hall–Kier alpha value is -1.69. The first-order valence-electron chi connectivity index (χ1n) is 5.17. The number of fused-ring (bicyclic) bond motifs is 1. The lowest BCUT2D eigenvalue weighted by Gasteiger charge is -2.26. The van der Waals surface area contributed by atoms with E-state index in [-0.39, 0.29) is 11.6 Å². The van der Waals surface area contributed by atoms with Gasteiger partial charge in [-0.2, -0.15) is 0 Å². The van der Waals surface area contributed by atoms with E-state index in [4.69, 9.17) is 4.74 Å². The van der Waals surface area contributed by atoms with Gasteiger partial charge in [-0.15, -0.1) is 0 Å². The standard InChI is InChI=1S/C11H12F2N2O2/c1-17-3-2-8-11(16)15-10-5-7(13)6(12)4-9(10)14-8/h4-5,8,14H,2-3H2,1H3,(H,15,16). The molecule has 4 nitrogen and oxygen atoms in total. The number of halogens is 2. The molecule has 0 saturated carbocycles. The molecule has 0 saturated heterocycles. The molecule has 1 unspecified atom stereocenters. The number of carbonyl (C=O) groups is 1. The molecule has 1 aromatic carbocycles. The van der Waals surface area contributed by atoms with Crippen molar-refractivity contribution in [3.63, 3.8) is 0 Å². The summed E-state index contributed by atoms with van der Waals surface area (Å²) in [7, 11) is 1.53. The molecule has 0 bridgehead atoms. The second-order valence-corrected chi connectivity index (χ2v) is 3.78. The Bertz CT molecular complexity index is 451. The molecule has 1 aromatic rings. The van der Waals surface area contributed by atoms with Crippen molar-refractivity contribution >= 4 is 17.3 Å². The maximum absolute atomic E-state index is 13.0. The molecule has 92 valence electrons. The molecule has 1 aliphatic heterocycles. The summed E-state index contributed by atoms with van der Waals surface area (Å²) in [5, 5.41) is 5.37. The number of methoxy groups -OCH3 is 1. The smallest absolute Gasteiger partial charge is 0.247 e. The second kappa shape index (κ2) is 4.67. The van der Waals surface area contributed by atoms with Crippen LogP contribution < -0.4 is 10.6 Å². The van der Waals surface area contributed by atoms with Crippen LogP contribution in [0.1, 0.15) is 6.42 Å². The third-order valence-corrected chi connectivity index (χ3v) is 2.58. The summed E-state index contributed by atoms with van der Waals surface area (Å²) < 4.78 is 30.9. The number of rotatable bonds is 3. The molecule has 2 N–H and O–H groups in total. The van der Waals surface area contributed by atoms with Crippen LogP contribution in [-0.4, -0.2) is 25.7 Å². The van der Waals surface area contributed by atoms with Gasteiger partial charge in [0.05, 0.1) is 11.4 Å². The summed E-state index contributed by atoms with van der Waals surface area (Å²) in [6.07, 6.45) is 0.459. The van der Waals surface area contributed by atoms with Crippen LogP contribution in [0.15, 0.2) is 12.1 Å². The molecular formula is C11H12F2N2O2. The highest BCUT2D eigenvalue weighted by molar-refractivity contribution is 6.02. The van der Waals surface area contributed by atoms with Crippen LogP contribution in [0.5, 0.6) is 0 Å². The zero-order valence-corrected chi connectivity index (χ0v) is 9.22. The zero-order chi connectivity index (χ0) is 12.4. The normalized spacial score (nSPS) is 18.3. The highest BCUT2D eigenvalue weighted by atomic mass is 19.2. The fraction of sp³-hybridized carbons (Fsp3) is 0.364. The van der Waals surface area contributed by atoms with Crippen molar-refractivity contribution in [1.82, 2.24) is 0 Å². The lowest BCUT2D eigenvalue weighted by atomic mass is 10.1. The van der Waals surface area contributed by atoms with E-state index < -0.39 is 17.7 Å². The van der Waals surface area contributed by atoms with E-state index in [1.807, 2.05) is 0 Å².